The molecule has 1 N–H and O–H groups in total. The molecule has 21 heavy (non-hydrogen) atoms. The number of hydrazone groups is 1. The number of para-hydroxylation sites is 1. The highest BCUT2D eigenvalue weighted by atomic mass is 16.2. The number of carbonyl (C=O) groups excluding carboxylic acids is 1. The Hall–Kier alpha value is -2.88. The van der Waals surface area contributed by atoms with Crippen molar-refractivity contribution in [2.24, 2.45) is 5.10 Å². The summed E-state index contributed by atoms with van der Waals surface area (Å²) < 4.78 is 1.91. The van der Waals surface area contributed by atoms with Gasteiger partial charge in [-0.05, 0) is 23.1 Å². The molecule has 3 rings (SSSR count). The van der Waals surface area contributed by atoms with Crippen molar-refractivity contribution in [3.63, 3.8) is 0 Å². The van der Waals surface area contributed by atoms with Gasteiger partial charge in [0.05, 0.1) is 6.21 Å². The van der Waals surface area contributed by atoms with E-state index in [4.69, 9.17) is 0 Å². The molecule has 0 spiro atoms. The van der Waals surface area contributed by atoms with Crippen molar-refractivity contribution in [1.82, 2.24) is 9.99 Å². The van der Waals surface area contributed by atoms with E-state index in [-0.39, 0.29) is 12.5 Å². The normalized spacial score (nSPS) is 11.0. The van der Waals surface area contributed by atoms with Crippen molar-refractivity contribution < 1.29 is 4.79 Å². The van der Waals surface area contributed by atoms with Crippen LogP contribution < -0.4 is 5.43 Å². The standard InChI is InChI=1S/C17H15N3O/c21-17(19-18-12-14-6-2-1-3-7-14)13-20-11-10-15-8-4-5-9-16(15)20/h1-12H,13H2,(H,19,21)/b18-12+. The highest BCUT2D eigenvalue weighted by Crippen LogP contribution is 2.14. The maximum Gasteiger partial charge on any atom is 0.259 e. The number of nitrogens with one attached hydrogen (secondary N) is 1. The van der Waals surface area contributed by atoms with Crippen LogP contribution >= 0.6 is 0 Å². The molecule has 0 saturated carbocycles. The predicted octanol–water partition coefficient (Wildman–Crippen LogP) is 2.79. The summed E-state index contributed by atoms with van der Waals surface area (Å²) in [6.07, 6.45) is 3.54. The van der Waals surface area contributed by atoms with E-state index in [1.807, 2.05) is 71.4 Å². The Labute approximate surface area is 122 Å². The Bertz CT molecular complexity index is 775. The van der Waals surface area contributed by atoms with Gasteiger partial charge < -0.3 is 4.57 Å². The van der Waals surface area contributed by atoms with E-state index in [9.17, 15) is 4.79 Å². The van der Waals surface area contributed by atoms with Gasteiger partial charge in [0, 0.05) is 11.7 Å². The van der Waals surface area contributed by atoms with Crippen molar-refractivity contribution in [3.05, 3.63) is 72.4 Å². The van der Waals surface area contributed by atoms with Gasteiger partial charge >= 0.3 is 0 Å². The molecular formula is C17H15N3O. The van der Waals surface area contributed by atoms with Gasteiger partial charge in [-0.25, -0.2) is 5.43 Å². The molecule has 0 fully saturated rings. The van der Waals surface area contributed by atoms with E-state index >= 15 is 0 Å². The molecule has 0 atom stereocenters. The third kappa shape index (κ3) is 3.17. The summed E-state index contributed by atoms with van der Waals surface area (Å²) in [4.78, 5) is 11.9. The molecule has 0 aliphatic rings. The molecule has 104 valence electrons. The fourth-order valence-corrected chi connectivity index (χ4v) is 2.19. The van der Waals surface area contributed by atoms with Gasteiger partial charge in [-0.3, -0.25) is 4.79 Å². The average molecular weight is 277 g/mol. The molecule has 1 aromatic heterocycles. The zero-order valence-corrected chi connectivity index (χ0v) is 11.4. The van der Waals surface area contributed by atoms with Crippen LogP contribution in [0.3, 0.4) is 0 Å². The van der Waals surface area contributed by atoms with Crippen LogP contribution in [0, 0.1) is 0 Å². The average Bonchev–Trinajstić information content (AvgIpc) is 2.92. The van der Waals surface area contributed by atoms with E-state index < -0.39 is 0 Å². The maximum absolute atomic E-state index is 11.9. The molecule has 1 amide bonds. The molecule has 0 aliphatic carbocycles. The molecule has 0 aliphatic heterocycles. The maximum atomic E-state index is 11.9. The minimum atomic E-state index is -0.150. The number of hydrogen-bond acceptors (Lipinski definition) is 2. The Balaban J connectivity index is 1.63. The lowest BCUT2D eigenvalue weighted by atomic mass is 10.2. The number of fused-ring (bicyclic) bond motifs is 1. The zero-order valence-electron chi connectivity index (χ0n) is 11.4. The minimum Gasteiger partial charge on any atom is -0.338 e. The highest BCUT2D eigenvalue weighted by Gasteiger charge is 2.04. The first kappa shape index (κ1) is 13.1. The van der Waals surface area contributed by atoms with Gasteiger partial charge in [0.15, 0.2) is 0 Å². The smallest absolute Gasteiger partial charge is 0.259 e. The Morgan fingerprint density at radius 1 is 1.05 bits per heavy atom. The monoisotopic (exact) mass is 277 g/mol. The quantitative estimate of drug-likeness (QED) is 0.578. The Morgan fingerprint density at radius 2 is 1.81 bits per heavy atom. The van der Waals surface area contributed by atoms with Crippen molar-refractivity contribution in [2.75, 3.05) is 0 Å². The summed E-state index contributed by atoms with van der Waals surface area (Å²) in [6, 6.07) is 19.6. The summed E-state index contributed by atoms with van der Waals surface area (Å²) >= 11 is 0. The van der Waals surface area contributed by atoms with E-state index in [0.717, 1.165) is 16.5 Å². The lowest BCUT2D eigenvalue weighted by Crippen LogP contribution is -2.22. The van der Waals surface area contributed by atoms with Crippen LogP contribution in [0.1, 0.15) is 5.56 Å². The van der Waals surface area contributed by atoms with Crippen LogP contribution in [0.25, 0.3) is 10.9 Å². The number of hydrogen-bond donors (Lipinski definition) is 1. The van der Waals surface area contributed by atoms with Crippen molar-refractivity contribution >= 4 is 23.0 Å². The fraction of sp³-hybridized carbons (Fsp3) is 0.0588. The summed E-state index contributed by atoms with van der Waals surface area (Å²) in [7, 11) is 0. The third-order valence-electron chi connectivity index (χ3n) is 3.20. The number of rotatable bonds is 4. The second kappa shape index (κ2) is 6.05. The summed E-state index contributed by atoms with van der Waals surface area (Å²) in [5.41, 5.74) is 4.53. The fourth-order valence-electron chi connectivity index (χ4n) is 2.19. The van der Waals surface area contributed by atoms with Gasteiger partial charge in [0.1, 0.15) is 6.54 Å². The molecule has 4 heteroatoms. The van der Waals surface area contributed by atoms with Crippen LogP contribution in [-0.2, 0) is 11.3 Å². The lowest BCUT2D eigenvalue weighted by molar-refractivity contribution is -0.121. The van der Waals surface area contributed by atoms with Crippen molar-refractivity contribution in [1.29, 1.82) is 0 Å². The first-order valence-corrected chi connectivity index (χ1v) is 6.74. The van der Waals surface area contributed by atoms with Gasteiger partial charge in [0.2, 0.25) is 0 Å². The summed E-state index contributed by atoms with van der Waals surface area (Å²) in [6.45, 7) is 0.250. The summed E-state index contributed by atoms with van der Waals surface area (Å²) in [5.74, 6) is -0.150. The van der Waals surface area contributed by atoms with Gasteiger partial charge in [-0.2, -0.15) is 5.10 Å². The first-order chi connectivity index (χ1) is 10.3. The zero-order chi connectivity index (χ0) is 14.5. The van der Waals surface area contributed by atoms with E-state index in [1.54, 1.807) is 6.21 Å². The first-order valence-electron chi connectivity index (χ1n) is 6.74. The molecule has 2 aromatic carbocycles. The third-order valence-corrected chi connectivity index (χ3v) is 3.20. The molecule has 3 aromatic rings. The van der Waals surface area contributed by atoms with Crippen molar-refractivity contribution in [2.45, 2.75) is 6.54 Å². The predicted molar refractivity (Wildman–Crippen MR) is 84.1 cm³/mol. The molecule has 0 unspecified atom stereocenters. The van der Waals surface area contributed by atoms with Crippen LogP contribution in [0.4, 0.5) is 0 Å². The van der Waals surface area contributed by atoms with E-state index in [1.165, 1.54) is 0 Å². The number of carbonyl (C=O) groups is 1. The van der Waals surface area contributed by atoms with Gasteiger partial charge in [0.25, 0.3) is 5.91 Å². The van der Waals surface area contributed by atoms with E-state index in [2.05, 4.69) is 10.5 Å². The topological polar surface area (TPSA) is 46.4 Å². The SMILES string of the molecule is O=C(Cn1ccc2ccccc21)N/N=C/c1ccccc1. The number of nitrogens with zero attached hydrogens (tertiary/aromatic N) is 2. The molecule has 0 saturated heterocycles. The van der Waals surface area contributed by atoms with Gasteiger partial charge in [-0.15, -0.1) is 0 Å². The second-order valence-corrected chi connectivity index (χ2v) is 4.71. The van der Waals surface area contributed by atoms with Crippen molar-refractivity contribution in [3.8, 4) is 0 Å². The van der Waals surface area contributed by atoms with E-state index in [0.29, 0.717) is 0 Å². The Kier molecular flexibility index (Phi) is 3.78. The Morgan fingerprint density at radius 3 is 2.67 bits per heavy atom. The number of amides is 1. The molecule has 0 bridgehead atoms. The van der Waals surface area contributed by atoms with Crippen LogP contribution in [0.5, 0.6) is 0 Å². The van der Waals surface area contributed by atoms with Crippen LogP contribution in [0.15, 0.2) is 72.0 Å². The van der Waals surface area contributed by atoms with Crippen LogP contribution in [0.2, 0.25) is 0 Å². The summed E-state index contributed by atoms with van der Waals surface area (Å²) in [5, 5.41) is 5.09. The molecule has 0 radical (unpaired) electrons. The molecule has 4 nitrogen and oxygen atoms in total. The number of benzene rings is 2. The lowest BCUT2D eigenvalue weighted by Gasteiger charge is -2.03. The largest absolute Gasteiger partial charge is 0.338 e. The molecular weight excluding hydrogens is 262 g/mol. The second-order valence-electron chi connectivity index (χ2n) is 4.71. The number of aromatic nitrogens is 1. The van der Waals surface area contributed by atoms with Gasteiger partial charge in [-0.1, -0.05) is 48.5 Å². The minimum absolute atomic E-state index is 0.150. The molecule has 1 heterocycles. The highest BCUT2D eigenvalue weighted by molar-refractivity contribution is 5.84. The van der Waals surface area contributed by atoms with Crippen LogP contribution in [-0.4, -0.2) is 16.7 Å².